The molecule has 2 aliphatic rings. The number of aromatic amines is 2. The fourth-order valence-corrected chi connectivity index (χ4v) is 5.04. The van der Waals surface area contributed by atoms with Gasteiger partial charge < -0.3 is 20.7 Å². The quantitative estimate of drug-likeness (QED) is 0.261. The van der Waals surface area contributed by atoms with E-state index in [0.29, 0.717) is 39.5 Å². The molecule has 5 heterocycles. The number of thiophene rings is 1. The minimum absolute atomic E-state index is 0.0934. The van der Waals surface area contributed by atoms with Crippen molar-refractivity contribution < 1.29 is 9.90 Å². The summed E-state index contributed by atoms with van der Waals surface area (Å²) in [6.07, 6.45) is 7.52. The maximum atomic E-state index is 12.7. The molecular weight excluding hydrogens is 468 g/mol. The number of carbonyl (C=O) groups is 1. The lowest BCUT2D eigenvalue weighted by atomic mass is 10.2. The van der Waals surface area contributed by atoms with E-state index in [9.17, 15) is 14.7 Å². The fourth-order valence-electron chi connectivity index (χ4n) is 4.15. The molecule has 6 rings (SSSR count). The van der Waals surface area contributed by atoms with Crippen LogP contribution in [0.25, 0.3) is 22.3 Å². The molecule has 1 saturated heterocycles. The number of amides is 1. The number of fused-ring (bicyclic) bond motifs is 1. The molecule has 180 valence electrons. The van der Waals surface area contributed by atoms with E-state index in [1.165, 1.54) is 11.3 Å². The predicted molar refractivity (Wildman–Crippen MR) is 130 cm³/mol. The molecular formula is C23H24N8O3S. The van der Waals surface area contributed by atoms with Crippen LogP contribution in [0.1, 0.15) is 41.0 Å². The van der Waals surface area contributed by atoms with Gasteiger partial charge in [0.15, 0.2) is 11.1 Å². The summed E-state index contributed by atoms with van der Waals surface area (Å²) in [4.78, 5) is 40.1. The Kier molecular flexibility index (Phi) is 5.46. The summed E-state index contributed by atoms with van der Waals surface area (Å²) in [5, 5.41) is 21.4. The Hall–Kier alpha value is -3.77. The normalized spacial score (nSPS) is 19.1. The SMILES string of the molecule is O=C(NCC1CCCN1)c1ccc(-c2cc(=NC3CC3)n3ncc(=Cc4[nH]c(=O)[nH]c4O)c3n2)s1. The molecule has 1 amide bonds. The third-order valence-electron chi connectivity index (χ3n) is 6.13. The maximum Gasteiger partial charge on any atom is 0.326 e. The van der Waals surface area contributed by atoms with Gasteiger partial charge in [0.2, 0.25) is 5.88 Å². The fraction of sp³-hybridized carbons (Fsp3) is 0.348. The van der Waals surface area contributed by atoms with Crippen LogP contribution in [0.4, 0.5) is 0 Å². The summed E-state index contributed by atoms with van der Waals surface area (Å²) in [5.41, 5.74) is 1.63. The zero-order valence-electron chi connectivity index (χ0n) is 18.7. The number of H-pyrrole nitrogens is 2. The number of hydrogen-bond acceptors (Lipinski definition) is 8. The molecule has 1 aliphatic carbocycles. The summed E-state index contributed by atoms with van der Waals surface area (Å²) in [6.45, 7) is 1.61. The van der Waals surface area contributed by atoms with E-state index < -0.39 is 5.69 Å². The highest BCUT2D eigenvalue weighted by Crippen LogP contribution is 2.27. The number of imidazole rings is 1. The number of rotatable bonds is 6. The lowest BCUT2D eigenvalue weighted by molar-refractivity contribution is 0.0954. The molecule has 4 aromatic rings. The number of aromatic nitrogens is 5. The molecule has 12 heteroatoms. The van der Waals surface area contributed by atoms with E-state index in [1.807, 2.05) is 18.2 Å². The monoisotopic (exact) mass is 492 g/mol. The van der Waals surface area contributed by atoms with Gasteiger partial charge in [-0.15, -0.1) is 11.3 Å². The molecule has 1 unspecified atom stereocenters. The van der Waals surface area contributed by atoms with Crippen molar-refractivity contribution in [2.24, 2.45) is 4.99 Å². The van der Waals surface area contributed by atoms with Crippen molar-refractivity contribution in [3.63, 3.8) is 0 Å². The molecule has 1 atom stereocenters. The molecule has 35 heavy (non-hydrogen) atoms. The van der Waals surface area contributed by atoms with Gasteiger partial charge in [0, 0.05) is 23.9 Å². The minimum Gasteiger partial charge on any atom is -0.493 e. The van der Waals surface area contributed by atoms with Crippen LogP contribution in [-0.2, 0) is 0 Å². The average Bonchev–Trinajstić information content (AvgIpc) is 3.28. The Morgan fingerprint density at radius 3 is 2.94 bits per heavy atom. The van der Waals surface area contributed by atoms with E-state index in [1.54, 1.807) is 16.8 Å². The standard InChI is InChI=1S/C23H24N8O3S/c32-21-16(29-23(34)30-21)8-12-10-26-31-19(27-13-3-4-13)9-15(28-20(12)31)17-5-6-18(35-17)22(33)25-11-14-2-1-7-24-14/h5-6,8-10,13-14,24,32H,1-4,7,11H2,(H,25,33)(H2,29,30,34). The van der Waals surface area contributed by atoms with Crippen molar-refractivity contribution in [3.8, 4) is 16.5 Å². The van der Waals surface area contributed by atoms with E-state index in [4.69, 9.17) is 9.98 Å². The number of carbonyl (C=O) groups excluding carboxylic acids is 1. The lowest BCUT2D eigenvalue weighted by Crippen LogP contribution is -2.36. The topological polar surface area (TPSA) is 153 Å². The van der Waals surface area contributed by atoms with Gasteiger partial charge in [-0.3, -0.25) is 14.8 Å². The lowest BCUT2D eigenvalue weighted by Gasteiger charge is -2.10. The Bertz CT molecular complexity index is 1590. The van der Waals surface area contributed by atoms with Gasteiger partial charge in [-0.05, 0) is 50.4 Å². The third-order valence-corrected chi connectivity index (χ3v) is 7.24. The molecule has 11 nitrogen and oxygen atoms in total. The van der Waals surface area contributed by atoms with Gasteiger partial charge in [-0.25, -0.2) is 9.78 Å². The predicted octanol–water partition coefficient (Wildman–Crippen LogP) is 0.272. The summed E-state index contributed by atoms with van der Waals surface area (Å²) < 4.78 is 1.66. The second kappa shape index (κ2) is 8.78. The van der Waals surface area contributed by atoms with Crippen LogP contribution in [0.2, 0.25) is 0 Å². The van der Waals surface area contributed by atoms with E-state index in [-0.39, 0.29) is 23.5 Å². The molecule has 1 saturated carbocycles. The maximum absolute atomic E-state index is 12.7. The number of nitrogens with one attached hydrogen (secondary N) is 4. The van der Waals surface area contributed by atoms with Gasteiger partial charge in [0.25, 0.3) is 5.91 Å². The summed E-state index contributed by atoms with van der Waals surface area (Å²) in [7, 11) is 0. The van der Waals surface area contributed by atoms with Gasteiger partial charge in [0.1, 0.15) is 5.69 Å². The molecule has 0 bridgehead atoms. The van der Waals surface area contributed by atoms with Gasteiger partial charge in [-0.1, -0.05) is 0 Å². The Labute approximate surface area is 202 Å². The van der Waals surface area contributed by atoms with Crippen molar-refractivity contribution in [1.29, 1.82) is 0 Å². The van der Waals surface area contributed by atoms with Crippen LogP contribution >= 0.6 is 11.3 Å². The first-order valence-corrected chi connectivity index (χ1v) is 12.4. The third kappa shape index (κ3) is 4.49. The van der Waals surface area contributed by atoms with Crippen molar-refractivity contribution in [1.82, 2.24) is 35.2 Å². The number of aromatic hydroxyl groups is 1. The van der Waals surface area contributed by atoms with Gasteiger partial charge in [0.05, 0.1) is 27.7 Å². The van der Waals surface area contributed by atoms with Crippen LogP contribution in [0.15, 0.2) is 34.2 Å². The Morgan fingerprint density at radius 1 is 1.31 bits per heavy atom. The van der Waals surface area contributed by atoms with Crippen LogP contribution < -0.4 is 27.0 Å². The van der Waals surface area contributed by atoms with Crippen LogP contribution in [-0.4, -0.2) is 60.8 Å². The Balaban J connectivity index is 1.38. The Morgan fingerprint density at radius 2 is 2.20 bits per heavy atom. The van der Waals surface area contributed by atoms with Gasteiger partial charge >= 0.3 is 5.69 Å². The molecule has 2 fully saturated rings. The minimum atomic E-state index is -0.503. The first kappa shape index (κ1) is 21.7. The van der Waals surface area contributed by atoms with Crippen LogP contribution in [0.3, 0.4) is 0 Å². The van der Waals surface area contributed by atoms with E-state index >= 15 is 0 Å². The zero-order valence-corrected chi connectivity index (χ0v) is 19.6. The summed E-state index contributed by atoms with van der Waals surface area (Å²) in [5.74, 6) is -0.348. The first-order valence-electron chi connectivity index (χ1n) is 11.6. The highest BCUT2D eigenvalue weighted by atomic mass is 32.1. The highest BCUT2D eigenvalue weighted by Gasteiger charge is 2.21. The second-order valence-corrected chi connectivity index (χ2v) is 9.93. The van der Waals surface area contributed by atoms with Crippen LogP contribution in [0, 0.1) is 0 Å². The van der Waals surface area contributed by atoms with Crippen molar-refractivity contribution >= 4 is 29.0 Å². The molecule has 0 radical (unpaired) electrons. The smallest absolute Gasteiger partial charge is 0.326 e. The number of hydrogen-bond donors (Lipinski definition) is 5. The second-order valence-electron chi connectivity index (χ2n) is 8.85. The average molecular weight is 493 g/mol. The zero-order chi connectivity index (χ0) is 23.9. The summed E-state index contributed by atoms with van der Waals surface area (Å²) in [6, 6.07) is 6.19. The molecule has 5 N–H and O–H groups in total. The highest BCUT2D eigenvalue weighted by molar-refractivity contribution is 7.17. The first-order chi connectivity index (χ1) is 17.0. The van der Waals surface area contributed by atoms with Gasteiger partial charge in [-0.2, -0.15) is 9.61 Å². The number of nitrogens with zero attached hydrogens (tertiary/aromatic N) is 4. The summed E-state index contributed by atoms with van der Waals surface area (Å²) >= 11 is 1.38. The van der Waals surface area contributed by atoms with Crippen LogP contribution in [0.5, 0.6) is 5.88 Å². The molecule has 1 aliphatic heterocycles. The molecule has 0 aromatic carbocycles. The van der Waals surface area contributed by atoms with E-state index in [2.05, 4.69) is 25.7 Å². The van der Waals surface area contributed by atoms with Crippen molar-refractivity contribution in [2.45, 2.75) is 37.8 Å². The molecule has 0 spiro atoms. The van der Waals surface area contributed by atoms with E-state index in [0.717, 1.165) is 37.1 Å². The van der Waals surface area contributed by atoms with Crippen molar-refractivity contribution in [2.75, 3.05) is 13.1 Å². The van der Waals surface area contributed by atoms with Crippen molar-refractivity contribution in [3.05, 3.63) is 56.2 Å². The largest absolute Gasteiger partial charge is 0.493 e. The molecule has 4 aromatic heterocycles.